The molecule has 0 saturated heterocycles. The molecule has 1 unspecified atom stereocenters. The molecule has 2 heterocycles. The Hall–Kier alpha value is -3.81. The molecule has 0 radical (unpaired) electrons. The number of aromatic nitrogens is 3. The lowest BCUT2D eigenvalue weighted by Gasteiger charge is -2.21. The molecule has 0 spiro atoms. The Kier molecular flexibility index (Phi) is 4.65. The Morgan fingerprint density at radius 1 is 1.00 bits per heavy atom. The second-order valence-electron chi connectivity index (χ2n) is 7.48. The number of hydrogen-bond acceptors (Lipinski definition) is 2. The maximum absolute atomic E-state index is 14.2. The van der Waals surface area contributed by atoms with Crippen molar-refractivity contribution in [3.8, 4) is 11.4 Å². The highest BCUT2D eigenvalue weighted by molar-refractivity contribution is 5.85. The first-order valence-electron chi connectivity index (χ1n) is 9.80. The molecule has 5 aromatic rings. The minimum absolute atomic E-state index is 0.0195. The van der Waals surface area contributed by atoms with Gasteiger partial charge in [-0.1, -0.05) is 6.07 Å². The summed E-state index contributed by atoms with van der Waals surface area (Å²) in [6, 6.07) is 15.5. The second-order valence-corrected chi connectivity index (χ2v) is 7.48. The molecule has 0 amide bonds. The number of hydrogen-bond donors (Lipinski definition) is 1. The van der Waals surface area contributed by atoms with Gasteiger partial charge in [-0.25, -0.2) is 9.07 Å². The standard InChI is InChI=1S/C24H17F4N3O/c1-32-18-6-4-17(5-7-18)31-22-9-2-14(10-15(22)12-30-31)23(24(26,27)28)20-13-29-21-8-3-16(25)11-19(20)21/h2-13,23,29H,1H3. The van der Waals surface area contributed by atoms with Crippen LogP contribution >= 0.6 is 0 Å². The number of methoxy groups -OCH3 is 1. The van der Waals surface area contributed by atoms with Crippen LogP contribution in [0.25, 0.3) is 27.5 Å². The van der Waals surface area contributed by atoms with Crippen LogP contribution in [0.3, 0.4) is 0 Å². The van der Waals surface area contributed by atoms with E-state index in [1.807, 2.05) is 12.1 Å². The van der Waals surface area contributed by atoms with Crippen molar-refractivity contribution in [2.24, 2.45) is 0 Å². The van der Waals surface area contributed by atoms with Crippen LogP contribution < -0.4 is 4.74 Å². The first kappa shape index (κ1) is 20.1. The quantitative estimate of drug-likeness (QED) is 0.332. The normalized spacial score (nSPS) is 13.0. The average molecular weight is 439 g/mol. The van der Waals surface area contributed by atoms with Crippen molar-refractivity contribution >= 4 is 21.8 Å². The number of nitrogens with zero attached hydrogens (tertiary/aromatic N) is 2. The molecule has 0 bridgehead atoms. The van der Waals surface area contributed by atoms with Crippen molar-refractivity contribution in [1.29, 1.82) is 0 Å². The molecule has 8 heteroatoms. The fourth-order valence-corrected chi connectivity index (χ4v) is 4.06. The molecular formula is C24H17F4N3O. The molecule has 2 aromatic heterocycles. The number of nitrogens with one attached hydrogen (secondary N) is 1. The summed E-state index contributed by atoms with van der Waals surface area (Å²) < 4.78 is 63.2. The van der Waals surface area contributed by atoms with Gasteiger partial charge in [0.15, 0.2) is 0 Å². The van der Waals surface area contributed by atoms with Gasteiger partial charge in [-0.3, -0.25) is 0 Å². The number of rotatable bonds is 4. The van der Waals surface area contributed by atoms with Crippen LogP contribution in [0.1, 0.15) is 17.0 Å². The number of fused-ring (bicyclic) bond motifs is 2. The van der Waals surface area contributed by atoms with Gasteiger partial charge < -0.3 is 9.72 Å². The highest BCUT2D eigenvalue weighted by Gasteiger charge is 2.43. The van der Waals surface area contributed by atoms with E-state index >= 15 is 0 Å². The van der Waals surface area contributed by atoms with Crippen molar-refractivity contribution < 1.29 is 22.3 Å². The number of ether oxygens (including phenoxy) is 1. The van der Waals surface area contributed by atoms with E-state index in [2.05, 4.69) is 10.1 Å². The number of benzene rings is 3. The van der Waals surface area contributed by atoms with E-state index in [4.69, 9.17) is 4.74 Å². The van der Waals surface area contributed by atoms with E-state index in [9.17, 15) is 17.6 Å². The van der Waals surface area contributed by atoms with Crippen molar-refractivity contribution in [2.75, 3.05) is 7.11 Å². The van der Waals surface area contributed by atoms with Crippen molar-refractivity contribution in [3.05, 3.63) is 90.0 Å². The monoisotopic (exact) mass is 439 g/mol. The van der Waals surface area contributed by atoms with Gasteiger partial charge in [0, 0.05) is 22.5 Å². The largest absolute Gasteiger partial charge is 0.497 e. The van der Waals surface area contributed by atoms with Crippen molar-refractivity contribution in [1.82, 2.24) is 14.8 Å². The zero-order chi connectivity index (χ0) is 22.5. The molecule has 1 atom stereocenters. The number of aromatic amines is 1. The van der Waals surface area contributed by atoms with E-state index in [1.165, 1.54) is 36.7 Å². The highest BCUT2D eigenvalue weighted by Crippen LogP contribution is 2.43. The van der Waals surface area contributed by atoms with Gasteiger partial charge in [0.1, 0.15) is 17.5 Å². The molecule has 0 aliphatic rings. The molecule has 4 nitrogen and oxygen atoms in total. The maximum Gasteiger partial charge on any atom is 0.399 e. The summed E-state index contributed by atoms with van der Waals surface area (Å²) in [6.45, 7) is 0. The molecule has 5 rings (SSSR count). The van der Waals surface area contributed by atoms with Gasteiger partial charge in [0.2, 0.25) is 0 Å². The Balaban J connectivity index is 1.62. The first-order chi connectivity index (χ1) is 15.3. The fraction of sp³-hybridized carbons (Fsp3) is 0.125. The first-order valence-corrected chi connectivity index (χ1v) is 9.80. The molecule has 0 saturated carbocycles. The summed E-state index contributed by atoms with van der Waals surface area (Å²) in [5, 5.41) is 5.12. The Bertz CT molecular complexity index is 1420. The molecule has 0 aliphatic carbocycles. The van der Waals surface area contributed by atoms with Crippen molar-refractivity contribution in [2.45, 2.75) is 12.1 Å². The maximum atomic E-state index is 14.2. The zero-order valence-corrected chi connectivity index (χ0v) is 16.8. The molecule has 1 N–H and O–H groups in total. The van der Waals surface area contributed by atoms with E-state index in [-0.39, 0.29) is 16.5 Å². The molecular weight excluding hydrogens is 422 g/mol. The summed E-state index contributed by atoms with van der Waals surface area (Å²) in [6.07, 6.45) is -1.74. The third-order valence-electron chi connectivity index (χ3n) is 5.56. The minimum atomic E-state index is -4.57. The topological polar surface area (TPSA) is 42.8 Å². The average Bonchev–Trinajstić information content (AvgIpc) is 3.37. The third kappa shape index (κ3) is 3.37. The summed E-state index contributed by atoms with van der Waals surface area (Å²) in [7, 11) is 1.57. The van der Waals surface area contributed by atoms with E-state index < -0.39 is 17.9 Å². The fourth-order valence-electron chi connectivity index (χ4n) is 4.06. The molecule has 0 fully saturated rings. The van der Waals surface area contributed by atoms with Gasteiger partial charge in [0.05, 0.1) is 24.5 Å². The van der Waals surface area contributed by atoms with Gasteiger partial charge in [-0.15, -0.1) is 0 Å². The van der Waals surface area contributed by atoms with E-state index in [0.29, 0.717) is 22.2 Å². The second kappa shape index (κ2) is 7.40. The SMILES string of the molecule is COc1ccc(-n2ncc3cc(C(c4c[nH]c5ccc(F)cc45)C(F)(F)F)ccc32)cc1. The number of halogens is 4. The van der Waals surface area contributed by atoms with Crippen LogP contribution in [0.2, 0.25) is 0 Å². The van der Waals surface area contributed by atoms with Crippen molar-refractivity contribution in [3.63, 3.8) is 0 Å². The number of H-pyrrole nitrogens is 1. The Labute approximate surface area is 180 Å². The smallest absolute Gasteiger partial charge is 0.399 e. The van der Waals surface area contributed by atoms with Crippen LogP contribution in [-0.2, 0) is 0 Å². The highest BCUT2D eigenvalue weighted by atomic mass is 19.4. The van der Waals surface area contributed by atoms with E-state index in [0.717, 1.165) is 11.8 Å². The molecule has 0 aliphatic heterocycles. The van der Waals surface area contributed by atoms with Crippen LogP contribution in [0.15, 0.2) is 73.1 Å². The molecule has 32 heavy (non-hydrogen) atoms. The lowest BCUT2D eigenvalue weighted by atomic mass is 9.89. The molecule has 3 aromatic carbocycles. The van der Waals surface area contributed by atoms with Crippen LogP contribution in [0.5, 0.6) is 5.75 Å². The third-order valence-corrected chi connectivity index (χ3v) is 5.56. The predicted molar refractivity (Wildman–Crippen MR) is 114 cm³/mol. The Morgan fingerprint density at radius 2 is 1.78 bits per heavy atom. The van der Waals surface area contributed by atoms with Crippen LogP contribution in [0.4, 0.5) is 17.6 Å². The Morgan fingerprint density at radius 3 is 2.50 bits per heavy atom. The summed E-state index contributed by atoms with van der Waals surface area (Å²) in [5.41, 5.74) is 1.92. The lowest BCUT2D eigenvalue weighted by molar-refractivity contribution is -0.140. The predicted octanol–water partition coefficient (Wildman–Crippen LogP) is 6.35. The minimum Gasteiger partial charge on any atom is -0.497 e. The molecule has 162 valence electrons. The van der Waals surface area contributed by atoms with Gasteiger partial charge in [0.25, 0.3) is 0 Å². The van der Waals surface area contributed by atoms with Crippen LogP contribution in [-0.4, -0.2) is 28.1 Å². The van der Waals surface area contributed by atoms with E-state index in [1.54, 1.807) is 30.0 Å². The van der Waals surface area contributed by atoms with Gasteiger partial charge in [-0.2, -0.15) is 18.3 Å². The summed E-state index contributed by atoms with van der Waals surface area (Å²) in [5.74, 6) is -1.81. The zero-order valence-electron chi connectivity index (χ0n) is 16.8. The number of alkyl halides is 3. The summed E-state index contributed by atoms with van der Waals surface area (Å²) >= 11 is 0. The lowest BCUT2D eigenvalue weighted by Crippen LogP contribution is -2.21. The van der Waals surface area contributed by atoms with Gasteiger partial charge >= 0.3 is 6.18 Å². The van der Waals surface area contributed by atoms with Gasteiger partial charge in [-0.05, 0) is 65.7 Å². The summed E-state index contributed by atoms with van der Waals surface area (Å²) in [4.78, 5) is 2.82. The van der Waals surface area contributed by atoms with Crippen LogP contribution in [0, 0.1) is 5.82 Å².